The Hall–Kier alpha value is -0.0400. The van der Waals surface area contributed by atoms with Gasteiger partial charge in [0.25, 0.3) is 0 Å². The van der Waals surface area contributed by atoms with Crippen LogP contribution in [0.25, 0.3) is 0 Å². The Morgan fingerprint density at radius 2 is 1.90 bits per heavy atom. The fraction of sp³-hybridized carbons (Fsp3) is 1.00. The molecule has 2 rings (SSSR count). The maximum Gasteiger partial charge on any atom is -0.00493 e. The standard InChI is InChI=1S/C9H17N/c1-10-3-2-7-4-8-6-9(8)5-7/h7-10H,2-6H2,1H3. The molecule has 0 aromatic carbocycles. The third-order valence-electron chi connectivity index (χ3n) is 3.14. The fourth-order valence-electron chi connectivity index (χ4n) is 2.42. The first-order valence-electron chi connectivity index (χ1n) is 4.54. The van der Waals surface area contributed by atoms with E-state index in [1.54, 1.807) is 19.3 Å². The third-order valence-corrected chi connectivity index (χ3v) is 3.14. The lowest BCUT2D eigenvalue weighted by Gasteiger charge is -2.09. The minimum absolute atomic E-state index is 1.08. The molecule has 1 N–H and O–H groups in total. The smallest absolute Gasteiger partial charge is 0.00493 e. The molecule has 0 radical (unpaired) electrons. The second-order valence-corrected chi connectivity index (χ2v) is 3.99. The fourth-order valence-corrected chi connectivity index (χ4v) is 2.42. The second kappa shape index (κ2) is 2.54. The minimum Gasteiger partial charge on any atom is -0.320 e. The van der Waals surface area contributed by atoms with E-state index in [-0.39, 0.29) is 0 Å². The molecule has 0 aromatic heterocycles. The van der Waals surface area contributed by atoms with Gasteiger partial charge in [-0.1, -0.05) is 0 Å². The summed E-state index contributed by atoms with van der Waals surface area (Å²) in [5.41, 5.74) is 0. The highest BCUT2D eigenvalue weighted by atomic mass is 14.8. The number of hydrogen-bond donors (Lipinski definition) is 1. The Bertz CT molecular complexity index is 112. The van der Waals surface area contributed by atoms with Gasteiger partial charge in [-0.15, -0.1) is 0 Å². The highest BCUT2D eigenvalue weighted by Crippen LogP contribution is 2.54. The van der Waals surface area contributed by atoms with Crippen LogP contribution in [-0.2, 0) is 0 Å². The molecule has 10 heavy (non-hydrogen) atoms. The molecular formula is C9H17N. The molecule has 1 nitrogen and oxygen atoms in total. The number of hydrogen-bond acceptors (Lipinski definition) is 1. The van der Waals surface area contributed by atoms with Crippen LogP contribution < -0.4 is 5.32 Å². The lowest BCUT2D eigenvalue weighted by atomic mass is 10.00. The van der Waals surface area contributed by atoms with E-state index in [1.165, 1.54) is 24.8 Å². The number of nitrogens with one attached hydrogen (secondary N) is 1. The van der Waals surface area contributed by atoms with Crippen molar-refractivity contribution in [1.82, 2.24) is 5.32 Å². The summed E-state index contributed by atoms with van der Waals surface area (Å²) in [6.07, 6.45) is 6.08. The van der Waals surface area contributed by atoms with Crippen LogP contribution in [0, 0.1) is 17.8 Å². The van der Waals surface area contributed by atoms with E-state index in [0.717, 1.165) is 5.92 Å². The minimum atomic E-state index is 1.08. The molecule has 0 aliphatic heterocycles. The summed E-state index contributed by atoms with van der Waals surface area (Å²) in [6, 6.07) is 0. The zero-order valence-corrected chi connectivity index (χ0v) is 6.77. The Morgan fingerprint density at radius 3 is 2.50 bits per heavy atom. The molecule has 2 fully saturated rings. The summed E-state index contributed by atoms with van der Waals surface area (Å²) in [7, 11) is 2.05. The summed E-state index contributed by atoms with van der Waals surface area (Å²) >= 11 is 0. The summed E-state index contributed by atoms with van der Waals surface area (Å²) in [6.45, 7) is 1.23. The lowest BCUT2D eigenvalue weighted by molar-refractivity contribution is 0.445. The molecule has 0 aromatic rings. The molecule has 0 amide bonds. The topological polar surface area (TPSA) is 12.0 Å². The second-order valence-electron chi connectivity index (χ2n) is 3.99. The monoisotopic (exact) mass is 139 g/mol. The van der Waals surface area contributed by atoms with E-state index in [9.17, 15) is 0 Å². The van der Waals surface area contributed by atoms with Crippen molar-refractivity contribution >= 4 is 0 Å². The molecule has 2 aliphatic carbocycles. The van der Waals surface area contributed by atoms with E-state index in [1.807, 2.05) is 0 Å². The molecule has 2 saturated carbocycles. The highest BCUT2D eigenvalue weighted by molar-refractivity contribution is 4.95. The van der Waals surface area contributed by atoms with E-state index in [2.05, 4.69) is 12.4 Å². The maximum atomic E-state index is 3.22. The molecule has 2 aliphatic rings. The van der Waals surface area contributed by atoms with Crippen molar-refractivity contribution in [2.75, 3.05) is 13.6 Å². The highest BCUT2D eigenvalue weighted by Gasteiger charge is 2.45. The molecule has 2 atom stereocenters. The van der Waals surface area contributed by atoms with Crippen LogP contribution in [0.1, 0.15) is 25.7 Å². The molecule has 1 heteroatoms. The van der Waals surface area contributed by atoms with Crippen molar-refractivity contribution in [3.63, 3.8) is 0 Å². The first-order chi connectivity index (χ1) is 4.90. The van der Waals surface area contributed by atoms with Crippen LogP contribution >= 0.6 is 0 Å². The van der Waals surface area contributed by atoms with E-state index < -0.39 is 0 Å². The quantitative estimate of drug-likeness (QED) is 0.627. The van der Waals surface area contributed by atoms with Gasteiger partial charge < -0.3 is 5.32 Å². The van der Waals surface area contributed by atoms with Crippen LogP contribution in [0.4, 0.5) is 0 Å². The molecule has 0 bridgehead atoms. The predicted molar refractivity (Wildman–Crippen MR) is 42.9 cm³/mol. The van der Waals surface area contributed by atoms with Crippen LogP contribution in [-0.4, -0.2) is 13.6 Å². The number of fused-ring (bicyclic) bond motifs is 1. The first-order valence-corrected chi connectivity index (χ1v) is 4.54. The van der Waals surface area contributed by atoms with Gasteiger partial charge in [0.1, 0.15) is 0 Å². The van der Waals surface area contributed by atoms with Gasteiger partial charge in [-0.2, -0.15) is 0 Å². The molecule has 58 valence electrons. The molecule has 2 unspecified atom stereocenters. The molecule has 0 spiro atoms. The van der Waals surface area contributed by atoms with Gasteiger partial charge in [0.15, 0.2) is 0 Å². The lowest BCUT2D eigenvalue weighted by Crippen LogP contribution is -2.12. The van der Waals surface area contributed by atoms with Crippen molar-refractivity contribution in [1.29, 1.82) is 0 Å². The van der Waals surface area contributed by atoms with Crippen molar-refractivity contribution in [3.05, 3.63) is 0 Å². The van der Waals surface area contributed by atoms with Gasteiger partial charge in [0, 0.05) is 0 Å². The predicted octanol–water partition coefficient (Wildman–Crippen LogP) is 1.64. The summed E-state index contributed by atoms with van der Waals surface area (Å²) < 4.78 is 0. The van der Waals surface area contributed by atoms with Gasteiger partial charge in [-0.3, -0.25) is 0 Å². The van der Waals surface area contributed by atoms with Gasteiger partial charge in [-0.05, 0) is 57.0 Å². The summed E-state index contributed by atoms with van der Waals surface area (Å²) in [5, 5.41) is 3.22. The Labute approximate surface area is 63.2 Å². The van der Waals surface area contributed by atoms with Crippen LogP contribution in [0.3, 0.4) is 0 Å². The normalized spacial score (nSPS) is 43.5. The van der Waals surface area contributed by atoms with Crippen molar-refractivity contribution < 1.29 is 0 Å². The summed E-state index contributed by atoms with van der Waals surface area (Å²) in [5.74, 6) is 3.42. The Kier molecular flexibility index (Phi) is 1.69. The van der Waals surface area contributed by atoms with Gasteiger partial charge in [-0.25, -0.2) is 0 Å². The number of rotatable bonds is 3. The zero-order chi connectivity index (χ0) is 6.97. The van der Waals surface area contributed by atoms with Gasteiger partial charge >= 0.3 is 0 Å². The average molecular weight is 139 g/mol. The van der Waals surface area contributed by atoms with Crippen molar-refractivity contribution in [3.8, 4) is 0 Å². The van der Waals surface area contributed by atoms with Crippen molar-refractivity contribution in [2.24, 2.45) is 17.8 Å². The zero-order valence-electron chi connectivity index (χ0n) is 6.77. The third kappa shape index (κ3) is 1.20. The van der Waals surface area contributed by atoms with E-state index in [4.69, 9.17) is 0 Å². The van der Waals surface area contributed by atoms with Crippen LogP contribution in [0.15, 0.2) is 0 Å². The SMILES string of the molecule is CNCCC1CC2CC2C1. The van der Waals surface area contributed by atoms with Crippen LogP contribution in [0.2, 0.25) is 0 Å². The Morgan fingerprint density at radius 1 is 1.20 bits per heavy atom. The van der Waals surface area contributed by atoms with Crippen molar-refractivity contribution in [2.45, 2.75) is 25.7 Å². The largest absolute Gasteiger partial charge is 0.320 e. The summed E-state index contributed by atoms with van der Waals surface area (Å²) in [4.78, 5) is 0. The maximum absolute atomic E-state index is 3.22. The van der Waals surface area contributed by atoms with Gasteiger partial charge in [0.05, 0.1) is 0 Å². The Balaban J connectivity index is 1.66. The van der Waals surface area contributed by atoms with Crippen LogP contribution in [0.5, 0.6) is 0 Å². The first kappa shape index (κ1) is 6.66. The molecule has 0 heterocycles. The van der Waals surface area contributed by atoms with E-state index in [0.29, 0.717) is 0 Å². The van der Waals surface area contributed by atoms with E-state index >= 15 is 0 Å². The molecule has 0 saturated heterocycles. The average Bonchev–Trinajstić information content (AvgIpc) is 2.56. The van der Waals surface area contributed by atoms with Gasteiger partial charge in [0.2, 0.25) is 0 Å². The molecular weight excluding hydrogens is 122 g/mol.